The number of amides is 2. The Kier molecular flexibility index (Phi) is 3.52. The van der Waals surface area contributed by atoms with Crippen LogP contribution >= 0.6 is 7.37 Å². The fourth-order valence-corrected chi connectivity index (χ4v) is 2.54. The maximum absolute atomic E-state index is 11.3. The van der Waals surface area contributed by atoms with Crippen molar-refractivity contribution in [1.29, 1.82) is 0 Å². The third kappa shape index (κ3) is 3.32. The number of carbonyl (C=O) groups is 2. The smallest absolute Gasteiger partial charge is 0.242 e. The SMILES string of the molecule is CC(=O)N(CP(C)(=O)O)C1CCNC1=O. The molecule has 0 saturated carbocycles. The Balaban J connectivity index is 2.78. The Morgan fingerprint density at radius 2 is 2.33 bits per heavy atom. The molecule has 2 amide bonds. The highest BCUT2D eigenvalue weighted by Crippen LogP contribution is 2.37. The summed E-state index contributed by atoms with van der Waals surface area (Å²) in [7, 11) is -3.33. The average Bonchev–Trinajstić information content (AvgIpc) is 2.45. The van der Waals surface area contributed by atoms with Gasteiger partial charge in [0.2, 0.25) is 19.2 Å². The first-order valence-corrected chi connectivity index (χ1v) is 6.94. The van der Waals surface area contributed by atoms with Crippen LogP contribution in [0, 0.1) is 0 Å². The van der Waals surface area contributed by atoms with E-state index in [0.717, 1.165) is 0 Å². The molecule has 1 rings (SSSR count). The van der Waals surface area contributed by atoms with Gasteiger partial charge in [-0.3, -0.25) is 14.2 Å². The number of nitrogens with one attached hydrogen (secondary N) is 1. The highest BCUT2D eigenvalue weighted by atomic mass is 31.2. The summed E-state index contributed by atoms with van der Waals surface area (Å²) in [5.74, 6) is -0.605. The third-order valence-electron chi connectivity index (χ3n) is 2.22. The van der Waals surface area contributed by atoms with Crippen molar-refractivity contribution in [3.05, 3.63) is 0 Å². The summed E-state index contributed by atoms with van der Waals surface area (Å²) >= 11 is 0. The molecular formula is C8H15N2O4P. The molecule has 1 aliphatic rings. The minimum atomic E-state index is -3.33. The molecule has 6 nitrogen and oxygen atoms in total. The van der Waals surface area contributed by atoms with Crippen LogP contribution in [0.25, 0.3) is 0 Å². The predicted octanol–water partition coefficient (Wildman–Crippen LogP) is -0.419. The molecule has 2 atom stereocenters. The summed E-state index contributed by atoms with van der Waals surface area (Å²) in [6, 6.07) is -0.595. The highest BCUT2D eigenvalue weighted by Gasteiger charge is 2.34. The van der Waals surface area contributed by atoms with Gasteiger partial charge in [-0.15, -0.1) is 0 Å². The second-order valence-electron chi connectivity index (χ2n) is 3.78. The molecule has 0 aromatic heterocycles. The van der Waals surface area contributed by atoms with E-state index in [-0.39, 0.29) is 18.1 Å². The van der Waals surface area contributed by atoms with Gasteiger partial charge in [0, 0.05) is 20.1 Å². The maximum atomic E-state index is 11.3. The summed E-state index contributed by atoms with van der Waals surface area (Å²) in [6.45, 7) is 2.98. The summed E-state index contributed by atoms with van der Waals surface area (Å²) < 4.78 is 11.2. The van der Waals surface area contributed by atoms with Gasteiger partial charge in [-0.1, -0.05) is 0 Å². The first kappa shape index (κ1) is 12.2. The fourth-order valence-electron chi connectivity index (χ4n) is 1.58. The molecular weight excluding hydrogens is 219 g/mol. The van der Waals surface area contributed by atoms with Crippen LogP contribution in [0.3, 0.4) is 0 Å². The number of hydrogen-bond acceptors (Lipinski definition) is 3. The van der Waals surface area contributed by atoms with Crippen LogP contribution in [0.5, 0.6) is 0 Å². The van der Waals surface area contributed by atoms with Crippen molar-refractivity contribution >= 4 is 19.2 Å². The van der Waals surface area contributed by atoms with Crippen molar-refractivity contribution in [3.63, 3.8) is 0 Å². The minimum Gasteiger partial charge on any atom is -0.354 e. The lowest BCUT2D eigenvalue weighted by Crippen LogP contribution is -2.43. The Labute approximate surface area is 88.1 Å². The van der Waals surface area contributed by atoms with E-state index in [1.165, 1.54) is 18.5 Å². The third-order valence-corrected chi connectivity index (χ3v) is 3.04. The minimum absolute atomic E-state index is 0.251. The summed E-state index contributed by atoms with van der Waals surface area (Å²) in [4.78, 5) is 33.0. The summed E-state index contributed by atoms with van der Waals surface area (Å²) in [5.41, 5.74) is 0. The molecule has 1 aliphatic heterocycles. The number of nitrogens with zero attached hydrogens (tertiary/aromatic N) is 1. The lowest BCUT2D eigenvalue weighted by atomic mass is 10.2. The van der Waals surface area contributed by atoms with Gasteiger partial charge in [-0.05, 0) is 6.42 Å². The van der Waals surface area contributed by atoms with Crippen molar-refractivity contribution in [2.75, 3.05) is 19.5 Å². The molecule has 2 N–H and O–H groups in total. The van der Waals surface area contributed by atoms with Gasteiger partial charge in [0.25, 0.3) is 0 Å². The van der Waals surface area contributed by atoms with E-state index < -0.39 is 13.4 Å². The lowest BCUT2D eigenvalue weighted by molar-refractivity contribution is -0.136. The van der Waals surface area contributed by atoms with E-state index in [1.54, 1.807) is 0 Å². The van der Waals surface area contributed by atoms with E-state index in [0.29, 0.717) is 13.0 Å². The van der Waals surface area contributed by atoms with E-state index in [1.807, 2.05) is 0 Å². The quantitative estimate of drug-likeness (QED) is 0.649. The normalized spacial score (nSPS) is 24.5. The molecule has 0 bridgehead atoms. The molecule has 15 heavy (non-hydrogen) atoms. The molecule has 0 radical (unpaired) electrons. The van der Waals surface area contributed by atoms with Gasteiger partial charge in [0.1, 0.15) is 6.04 Å². The van der Waals surface area contributed by atoms with Crippen molar-refractivity contribution in [2.45, 2.75) is 19.4 Å². The molecule has 7 heteroatoms. The standard InChI is InChI=1S/C8H15N2O4P/c1-6(11)10(5-15(2,13)14)7-3-4-9-8(7)12/h7H,3-5H2,1-2H3,(H,9,12)(H,13,14). The topological polar surface area (TPSA) is 86.7 Å². The highest BCUT2D eigenvalue weighted by molar-refractivity contribution is 7.57. The van der Waals surface area contributed by atoms with E-state index in [9.17, 15) is 19.0 Å². The van der Waals surface area contributed by atoms with Crippen LogP contribution in [-0.4, -0.2) is 47.1 Å². The van der Waals surface area contributed by atoms with Crippen molar-refractivity contribution in [1.82, 2.24) is 10.2 Å². The monoisotopic (exact) mass is 234 g/mol. The molecule has 0 aliphatic carbocycles. The second kappa shape index (κ2) is 4.33. The maximum Gasteiger partial charge on any atom is 0.242 e. The molecule has 0 spiro atoms. The fraction of sp³-hybridized carbons (Fsp3) is 0.750. The van der Waals surface area contributed by atoms with Crippen LogP contribution in [0.15, 0.2) is 0 Å². The van der Waals surface area contributed by atoms with Gasteiger partial charge in [0.15, 0.2) is 0 Å². The van der Waals surface area contributed by atoms with Gasteiger partial charge in [-0.25, -0.2) is 0 Å². The average molecular weight is 234 g/mol. The zero-order valence-electron chi connectivity index (χ0n) is 8.77. The zero-order valence-corrected chi connectivity index (χ0v) is 9.66. The number of rotatable bonds is 3. The zero-order chi connectivity index (χ0) is 11.6. The van der Waals surface area contributed by atoms with E-state index in [2.05, 4.69) is 5.32 Å². The molecule has 86 valence electrons. The van der Waals surface area contributed by atoms with Crippen LogP contribution < -0.4 is 5.32 Å². The molecule has 1 heterocycles. The second-order valence-corrected chi connectivity index (χ2v) is 6.16. The molecule has 0 aromatic carbocycles. The Morgan fingerprint density at radius 3 is 2.67 bits per heavy atom. The number of carbonyl (C=O) groups excluding carboxylic acids is 2. The van der Waals surface area contributed by atoms with Crippen LogP contribution in [0.4, 0.5) is 0 Å². The molecule has 1 saturated heterocycles. The Bertz CT molecular complexity index is 325. The molecule has 0 aromatic rings. The van der Waals surface area contributed by atoms with Gasteiger partial charge < -0.3 is 15.1 Å². The van der Waals surface area contributed by atoms with Crippen molar-refractivity contribution in [3.8, 4) is 0 Å². The van der Waals surface area contributed by atoms with Gasteiger partial charge in [-0.2, -0.15) is 0 Å². The largest absolute Gasteiger partial charge is 0.354 e. The first-order valence-electron chi connectivity index (χ1n) is 4.65. The van der Waals surface area contributed by atoms with E-state index >= 15 is 0 Å². The molecule has 2 unspecified atom stereocenters. The van der Waals surface area contributed by atoms with Crippen molar-refractivity contribution in [2.24, 2.45) is 0 Å². The Hall–Kier alpha value is -0.870. The van der Waals surface area contributed by atoms with Gasteiger partial charge >= 0.3 is 0 Å². The van der Waals surface area contributed by atoms with E-state index in [4.69, 9.17) is 0 Å². The van der Waals surface area contributed by atoms with Crippen LogP contribution in [-0.2, 0) is 14.2 Å². The first-order chi connectivity index (χ1) is 6.81. The summed E-state index contributed by atoms with van der Waals surface area (Å²) in [6.07, 6.45) is 0.235. The van der Waals surface area contributed by atoms with Crippen LogP contribution in [0.1, 0.15) is 13.3 Å². The van der Waals surface area contributed by atoms with Gasteiger partial charge in [0.05, 0.1) is 6.29 Å². The summed E-state index contributed by atoms with van der Waals surface area (Å²) in [5, 5.41) is 2.59. The van der Waals surface area contributed by atoms with Crippen molar-refractivity contribution < 1.29 is 19.0 Å². The predicted molar refractivity (Wildman–Crippen MR) is 54.6 cm³/mol. The lowest BCUT2D eigenvalue weighted by Gasteiger charge is -2.26. The Morgan fingerprint density at radius 1 is 1.73 bits per heavy atom. The number of hydrogen-bond donors (Lipinski definition) is 2. The molecule has 1 fully saturated rings. The van der Waals surface area contributed by atoms with Crippen LogP contribution in [0.2, 0.25) is 0 Å².